The van der Waals surface area contributed by atoms with Gasteiger partial charge in [-0.1, -0.05) is 24.3 Å². The highest BCUT2D eigenvalue weighted by Gasteiger charge is 2.18. The van der Waals surface area contributed by atoms with E-state index < -0.39 is 12.2 Å². The molecule has 8 nitrogen and oxygen atoms in total. The zero-order chi connectivity index (χ0) is 22.9. The van der Waals surface area contributed by atoms with Gasteiger partial charge in [-0.2, -0.15) is 0 Å². The predicted octanol–water partition coefficient (Wildman–Crippen LogP) is 4.73. The van der Waals surface area contributed by atoms with Gasteiger partial charge in [-0.25, -0.2) is 9.59 Å². The standard InChI is InChI=1S/C25H30N2O6/c28-24(32-16-22-3-1-13-30-22)26-20-9-5-18(6-10-20)15-19-7-11-21(12-8-19)27-25(29)33-17-23-4-2-14-31-23/h5-12,22-23H,1-4,13-17H2,(H,26,28)(H,27,29)/t22-,23-/m1/s1. The molecule has 2 atom stereocenters. The van der Waals surface area contributed by atoms with Crippen LogP contribution < -0.4 is 10.6 Å². The van der Waals surface area contributed by atoms with Gasteiger partial charge in [0, 0.05) is 24.6 Å². The normalized spacial score (nSPS) is 19.8. The van der Waals surface area contributed by atoms with Crippen LogP contribution in [0, 0.1) is 0 Å². The van der Waals surface area contributed by atoms with Crippen molar-refractivity contribution in [2.24, 2.45) is 0 Å². The minimum atomic E-state index is -0.476. The monoisotopic (exact) mass is 454 g/mol. The first-order valence-corrected chi connectivity index (χ1v) is 11.4. The third-order valence-corrected chi connectivity index (χ3v) is 5.66. The molecule has 2 fully saturated rings. The van der Waals surface area contributed by atoms with Gasteiger partial charge in [0.25, 0.3) is 0 Å². The zero-order valence-corrected chi connectivity index (χ0v) is 18.6. The summed E-state index contributed by atoms with van der Waals surface area (Å²) in [5, 5.41) is 5.47. The number of benzene rings is 2. The van der Waals surface area contributed by atoms with Gasteiger partial charge < -0.3 is 18.9 Å². The van der Waals surface area contributed by atoms with Crippen LogP contribution in [0.3, 0.4) is 0 Å². The summed E-state index contributed by atoms with van der Waals surface area (Å²) in [6.07, 6.45) is 3.68. The van der Waals surface area contributed by atoms with Gasteiger partial charge in [0.05, 0.1) is 12.2 Å². The van der Waals surface area contributed by atoms with Gasteiger partial charge in [0.1, 0.15) is 13.2 Å². The smallest absolute Gasteiger partial charge is 0.411 e. The Morgan fingerprint density at radius 1 is 0.727 bits per heavy atom. The molecule has 0 aromatic heterocycles. The van der Waals surface area contributed by atoms with Gasteiger partial charge in [0.15, 0.2) is 0 Å². The fourth-order valence-corrected chi connectivity index (χ4v) is 3.84. The summed E-state index contributed by atoms with van der Waals surface area (Å²) in [5.74, 6) is 0. The molecule has 2 heterocycles. The van der Waals surface area contributed by atoms with E-state index >= 15 is 0 Å². The molecule has 2 amide bonds. The number of hydrogen-bond donors (Lipinski definition) is 2. The lowest BCUT2D eigenvalue weighted by Gasteiger charge is -2.12. The first-order valence-electron chi connectivity index (χ1n) is 11.4. The Labute approximate surface area is 193 Å². The van der Waals surface area contributed by atoms with E-state index in [1.807, 2.05) is 48.5 Å². The lowest BCUT2D eigenvalue weighted by atomic mass is 10.0. The molecular weight excluding hydrogens is 424 g/mol. The molecule has 0 aliphatic carbocycles. The van der Waals surface area contributed by atoms with Crippen LogP contribution in [0.1, 0.15) is 36.8 Å². The molecule has 0 radical (unpaired) electrons. The van der Waals surface area contributed by atoms with Crippen molar-refractivity contribution >= 4 is 23.6 Å². The predicted molar refractivity (Wildman–Crippen MR) is 124 cm³/mol. The summed E-state index contributed by atoms with van der Waals surface area (Å²) in [7, 11) is 0. The van der Waals surface area contributed by atoms with Crippen molar-refractivity contribution < 1.29 is 28.5 Å². The van der Waals surface area contributed by atoms with Crippen molar-refractivity contribution in [1.82, 2.24) is 0 Å². The SMILES string of the molecule is O=C(Nc1ccc(Cc2ccc(NC(=O)OC[C@H]3CCCO3)cc2)cc1)OC[C@H]1CCCO1. The van der Waals surface area contributed by atoms with Gasteiger partial charge >= 0.3 is 12.2 Å². The van der Waals surface area contributed by atoms with Crippen LogP contribution in [0.25, 0.3) is 0 Å². The Hall–Kier alpha value is -3.10. The molecule has 2 N–H and O–H groups in total. The minimum Gasteiger partial charge on any atom is -0.447 e. The second-order valence-corrected chi connectivity index (χ2v) is 8.29. The van der Waals surface area contributed by atoms with Crippen molar-refractivity contribution in [2.45, 2.75) is 44.3 Å². The lowest BCUT2D eigenvalue weighted by molar-refractivity contribution is 0.0484. The lowest BCUT2D eigenvalue weighted by Crippen LogP contribution is -2.21. The first-order chi connectivity index (χ1) is 16.1. The van der Waals surface area contributed by atoms with E-state index in [0.717, 1.165) is 56.4 Å². The topological polar surface area (TPSA) is 95.1 Å². The highest BCUT2D eigenvalue weighted by Crippen LogP contribution is 2.17. The Morgan fingerprint density at radius 2 is 1.15 bits per heavy atom. The summed E-state index contributed by atoms with van der Waals surface area (Å²) in [6.45, 7) is 2.03. The molecular formula is C25H30N2O6. The Morgan fingerprint density at radius 3 is 1.52 bits per heavy atom. The number of amides is 2. The van der Waals surface area contributed by atoms with Crippen LogP contribution in [0.4, 0.5) is 21.0 Å². The fourth-order valence-electron chi connectivity index (χ4n) is 3.84. The molecule has 176 valence electrons. The molecule has 2 aliphatic rings. The third-order valence-electron chi connectivity index (χ3n) is 5.66. The van der Waals surface area contributed by atoms with Gasteiger partial charge in [0.2, 0.25) is 0 Å². The summed E-state index contributed by atoms with van der Waals surface area (Å²) in [5.41, 5.74) is 3.56. The van der Waals surface area contributed by atoms with Crippen molar-refractivity contribution in [3.63, 3.8) is 0 Å². The zero-order valence-electron chi connectivity index (χ0n) is 18.6. The van der Waals surface area contributed by atoms with E-state index in [0.29, 0.717) is 11.4 Å². The van der Waals surface area contributed by atoms with Crippen molar-refractivity contribution in [1.29, 1.82) is 0 Å². The molecule has 2 saturated heterocycles. The highest BCUT2D eigenvalue weighted by atomic mass is 16.6. The quantitative estimate of drug-likeness (QED) is 0.599. The first kappa shape index (κ1) is 23.1. The van der Waals surface area contributed by atoms with E-state index in [2.05, 4.69) is 10.6 Å². The molecule has 2 aromatic rings. The largest absolute Gasteiger partial charge is 0.447 e. The minimum absolute atomic E-state index is 0.0110. The number of ether oxygens (including phenoxy) is 4. The summed E-state index contributed by atoms with van der Waals surface area (Å²) >= 11 is 0. The van der Waals surface area contributed by atoms with Gasteiger partial charge in [-0.15, -0.1) is 0 Å². The molecule has 33 heavy (non-hydrogen) atoms. The molecule has 4 rings (SSSR count). The highest BCUT2D eigenvalue weighted by molar-refractivity contribution is 5.85. The van der Waals surface area contributed by atoms with Crippen LogP contribution in [0.2, 0.25) is 0 Å². The molecule has 0 spiro atoms. The second kappa shape index (κ2) is 11.7. The maximum Gasteiger partial charge on any atom is 0.411 e. The maximum atomic E-state index is 11.9. The average molecular weight is 455 g/mol. The Bertz CT molecular complexity index is 828. The van der Waals surface area contributed by atoms with Crippen LogP contribution in [-0.2, 0) is 25.4 Å². The summed E-state index contributed by atoms with van der Waals surface area (Å²) < 4.78 is 21.3. The Kier molecular flexibility index (Phi) is 8.16. The molecule has 8 heteroatoms. The van der Waals surface area contributed by atoms with Crippen molar-refractivity contribution in [3.05, 3.63) is 59.7 Å². The molecule has 0 bridgehead atoms. The van der Waals surface area contributed by atoms with E-state index in [9.17, 15) is 9.59 Å². The van der Waals surface area contributed by atoms with Gasteiger partial charge in [-0.05, 0) is 67.5 Å². The van der Waals surface area contributed by atoms with Crippen LogP contribution in [-0.4, -0.2) is 50.8 Å². The number of rotatable bonds is 8. The average Bonchev–Trinajstić information content (AvgIpc) is 3.53. The van der Waals surface area contributed by atoms with E-state index in [-0.39, 0.29) is 25.4 Å². The van der Waals surface area contributed by atoms with Crippen LogP contribution in [0.5, 0.6) is 0 Å². The Balaban J connectivity index is 1.19. The van der Waals surface area contributed by atoms with Crippen LogP contribution >= 0.6 is 0 Å². The van der Waals surface area contributed by atoms with Crippen molar-refractivity contribution in [2.75, 3.05) is 37.1 Å². The number of carbonyl (C=O) groups excluding carboxylic acids is 2. The van der Waals surface area contributed by atoms with Crippen LogP contribution in [0.15, 0.2) is 48.5 Å². The molecule has 0 saturated carbocycles. The van der Waals surface area contributed by atoms with Crippen molar-refractivity contribution in [3.8, 4) is 0 Å². The molecule has 2 aromatic carbocycles. The number of hydrogen-bond acceptors (Lipinski definition) is 6. The molecule has 2 aliphatic heterocycles. The van der Waals surface area contributed by atoms with Gasteiger partial charge in [-0.3, -0.25) is 10.6 Å². The third kappa shape index (κ3) is 7.47. The number of carbonyl (C=O) groups is 2. The van der Waals surface area contributed by atoms with E-state index in [4.69, 9.17) is 18.9 Å². The second-order valence-electron chi connectivity index (χ2n) is 8.29. The number of anilines is 2. The maximum absolute atomic E-state index is 11.9. The van der Waals surface area contributed by atoms with E-state index in [1.165, 1.54) is 0 Å². The molecule has 0 unspecified atom stereocenters. The fraction of sp³-hybridized carbons (Fsp3) is 0.440. The number of nitrogens with one attached hydrogen (secondary N) is 2. The summed E-state index contributed by atoms with van der Waals surface area (Å²) in [6, 6.07) is 15.2. The van der Waals surface area contributed by atoms with E-state index in [1.54, 1.807) is 0 Å². The summed E-state index contributed by atoms with van der Waals surface area (Å²) in [4.78, 5) is 23.9.